The fraction of sp³-hybridized carbons (Fsp3) is 0.211. The normalized spacial score (nSPS) is 10.7. The predicted molar refractivity (Wildman–Crippen MR) is 91.4 cm³/mol. The molecule has 116 valence electrons. The van der Waals surface area contributed by atoms with E-state index in [9.17, 15) is 4.79 Å². The molecule has 1 aromatic carbocycles. The van der Waals surface area contributed by atoms with Crippen LogP contribution in [0.25, 0.3) is 0 Å². The molecule has 1 rings (SSSR count). The number of ether oxygens (including phenoxy) is 1. The molecule has 0 saturated heterocycles. The van der Waals surface area contributed by atoms with E-state index in [0.717, 1.165) is 12.0 Å². The fourth-order valence-electron chi connectivity index (χ4n) is 2.11. The van der Waals surface area contributed by atoms with Gasteiger partial charge in [0.2, 0.25) is 0 Å². The molecule has 0 fully saturated rings. The number of hydrogen-bond donors (Lipinski definition) is 1. The van der Waals surface area contributed by atoms with Gasteiger partial charge in [-0.1, -0.05) is 49.1 Å². The van der Waals surface area contributed by atoms with Crippen LogP contribution in [0.5, 0.6) is 0 Å². The summed E-state index contributed by atoms with van der Waals surface area (Å²) in [6.45, 7) is 14.0. The zero-order chi connectivity index (χ0) is 16.5. The molecule has 3 nitrogen and oxygen atoms in total. The van der Waals surface area contributed by atoms with Gasteiger partial charge in [0.1, 0.15) is 0 Å². The summed E-state index contributed by atoms with van der Waals surface area (Å²) in [6, 6.07) is 6.39. The number of methoxy groups -OCH3 is 1. The molecular formula is C19H23NO2. The molecule has 0 heterocycles. The van der Waals surface area contributed by atoms with E-state index < -0.39 is 5.97 Å². The van der Waals surface area contributed by atoms with Crippen LogP contribution in [0.4, 0.5) is 0 Å². The number of aryl methyl sites for hydroxylation is 1. The monoisotopic (exact) mass is 297 g/mol. The lowest BCUT2D eigenvalue weighted by Crippen LogP contribution is -2.12. The van der Waals surface area contributed by atoms with Crippen LogP contribution in [0.15, 0.2) is 67.4 Å². The number of carbonyl (C=O) groups is 1. The lowest BCUT2D eigenvalue weighted by Gasteiger charge is -2.10. The highest BCUT2D eigenvalue weighted by molar-refractivity contribution is 5.91. The maximum atomic E-state index is 11.5. The lowest BCUT2D eigenvalue weighted by molar-refractivity contribution is -0.135. The maximum absolute atomic E-state index is 11.5. The fourth-order valence-corrected chi connectivity index (χ4v) is 2.11. The van der Waals surface area contributed by atoms with Gasteiger partial charge < -0.3 is 10.1 Å². The van der Waals surface area contributed by atoms with Crippen LogP contribution in [0.2, 0.25) is 0 Å². The Kier molecular flexibility index (Phi) is 6.90. The average Bonchev–Trinajstić information content (AvgIpc) is 2.49. The van der Waals surface area contributed by atoms with Gasteiger partial charge >= 0.3 is 5.97 Å². The molecule has 0 radical (unpaired) electrons. The van der Waals surface area contributed by atoms with Crippen LogP contribution in [-0.2, 0) is 22.5 Å². The summed E-state index contributed by atoms with van der Waals surface area (Å²) >= 11 is 0. The van der Waals surface area contributed by atoms with Gasteiger partial charge in [-0.05, 0) is 30.5 Å². The Labute approximate surface area is 132 Å². The molecule has 1 N–H and O–H groups in total. The van der Waals surface area contributed by atoms with E-state index in [0.29, 0.717) is 17.8 Å². The molecule has 0 aliphatic rings. The van der Waals surface area contributed by atoms with Gasteiger partial charge in [0.25, 0.3) is 0 Å². The number of nitrogens with one attached hydrogen (secondary N) is 1. The Hall–Kier alpha value is -2.55. The number of esters is 1. The minimum absolute atomic E-state index is 0.372. The lowest BCUT2D eigenvalue weighted by atomic mass is 10.0. The first-order valence-electron chi connectivity index (χ1n) is 7.05. The molecule has 0 spiro atoms. The molecule has 0 amide bonds. The number of benzene rings is 1. The van der Waals surface area contributed by atoms with Crippen LogP contribution >= 0.6 is 0 Å². The maximum Gasteiger partial charge on any atom is 0.337 e. The summed E-state index contributed by atoms with van der Waals surface area (Å²) in [4.78, 5) is 11.5. The molecule has 0 aliphatic carbocycles. The second kappa shape index (κ2) is 8.67. The Bertz CT molecular complexity index is 612. The van der Waals surface area contributed by atoms with E-state index in [-0.39, 0.29) is 0 Å². The smallest absolute Gasteiger partial charge is 0.337 e. The van der Waals surface area contributed by atoms with E-state index in [1.807, 2.05) is 6.08 Å². The van der Waals surface area contributed by atoms with Gasteiger partial charge in [-0.2, -0.15) is 0 Å². The standard InChI is InChI=1S/C19H23NO2/c1-6-8-16-9-14(3)10-17(12-16)13-20-15(4)11-18(7-2)19(21)22-5/h6-7,9-12,20H,1-2,4,8,13H2,3,5H3/b18-11+. The first-order chi connectivity index (χ1) is 10.5. The zero-order valence-corrected chi connectivity index (χ0v) is 13.3. The van der Waals surface area contributed by atoms with Crippen molar-refractivity contribution in [3.8, 4) is 0 Å². The van der Waals surface area contributed by atoms with Gasteiger partial charge in [-0.15, -0.1) is 6.58 Å². The van der Waals surface area contributed by atoms with Crippen molar-refractivity contribution in [2.24, 2.45) is 0 Å². The van der Waals surface area contributed by atoms with Gasteiger partial charge in [-0.3, -0.25) is 0 Å². The number of rotatable bonds is 8. The third-order valence-corrected chi connectivity index (χ3v) is 3.07. The van der Waals surface area contributed by atoms with Gasteiger partial charge in [0.15, 0.2) is 0 Å². The minimum Gasteiger partial charge on any atom is -0.465 e. The van der Waals surface area contributed by atoms with Crippen LogP contribution in [0.3, 0.4) is 0 Å². The Morgan fingerprint density at radius 2 is 1.95 bits per heavy atom. The quantitative estimate of drug-likeness (QED) is 0.345. The van der Waals surface area contributed by atoms with Crippen molar-refractivity contribution < 1.29 is 9.53 Å². The zero-order valence-electron chi connectivity index (χ0n) is 13.3. The van der Waals surface area contributed by atoms with Gasteiger partial charge in [0.05, 0.1) is 12.7 Å². The van der Waals surface area contributed by atoms with Crippen LogP contribution < -0.4 is 5.32 Å². The van der Waals surface area contributed by atoms with Crippen molar-refractivity contribution in [1.82, 2.24) is 5.32 Å². The topological polar surface area (TPSA) is 38.3 Å². The van der Waals surface area contributed by atoms with Crippen LogP contribution in [0.1, 0.15) is 16.7 Å². The third-order valence-electron chi connectivity index (χ3n) is 3.07. The van der Waals surface area contributed by atoms with E-state index in [1.54, 1.807) is 6.08 Å². The highest BCUT2D eigenvalue weighted by Gasteiger charge is 2.05. The Balaban J connectivity index is 2.75. The molecule has 0 saturated carbocycles. The number of hydrogen-bond acceptors (Lipinski definition) is 3. The first-order valence-corrected chi connectivity index (χ1v) is 7.05. The Morgan fingerprint density at radius 3 is 2.55 bits per heavy atom. The molecule has 0 aliphatic heterocycles. The molecular weight excluding hydrogens is 274 g/mol. The van der Waals surface area contributed by atoms with Gasteiger partial charge in [-0.25, -0.2) is 4.79 Å². The second-order valence-electron chi connectivity index (χ2n) is 4.99. The molecule has 0 unspecified atom stereocenters. The van der Waals surface area contributed by atoms with Crippen molar-refractivity contribution in [1.29, 1.82) is 0 Å². The highest BCUT2D eigenvalue weighted by atomic mass is 16.5. The van der Waals surface area contributed by atoms with E-state index in [4.69, 9.17) is 0 Å². The minimum atomic E-state index is -0.429. The molecule has 0 aromatic heterocycles. The SMILES string of the molecule is C=CCc1cc(C)cc(CNC(=C)/C=C(\C=C)C(=O)OC)c1. The largest absolute Gasteiger partial charge is 0.465 e. The van der Waals surface area contributed by atoms with Crippen molar-refractivity contribution >= 4 is 5.97 Å². The van der Waals surface area contributed by atoms with E-state index >= 15 is 0 Å². The second-order valence-corrected chi connectivity index (χ2v) is 4.99. The molecule has 22 heavy (non-hydrogen) atoms. The van der Waals surface area contributed by atoms with Crippen molar-refractivity contribution in [2.75, 3.05) is 7.11 Å². The van der Waals surface area contributed by atoms with Gasteiger partial charge in [0, 0.05) is 12.2 Å². The molecule has 0 atom stereocenters. The van der Waals surface area contributed by atoms with Crippen LogP contribution in [-0.4, -0.2) is 13.1 Å². The highest BCUT2D eigenvalue weighted by Crippen LogP contribution is 2.11. The van der Waals surface area contributed by atoms with Crippen molar-refractivity contribution in [2.45, 2.75) is 19.9 Å². The molecule has 3 heteroatoms. The van der Waals surface area contributed by atoms with Crippen LogP contribution in [0, 0.1) is 6.92 Å². The summed E-state index contributed by atoms with van der Waals surface area (Å²) in [5, 5.41) is 3.19. The molecule has 0 bridgehead atoms. The summed E-state index contributed by atoms with van der Waals surface area (Å²) in [5.41, 5.74) is 4.60. The summed E-state index contributed by atoms with van der Waals surface area (Å²) in [7, 11) is 1.34. The Morgan fingerprint density at radius 1 is 1.27 bits per heavy atom. The van der Waals surface area contributed by atoms with E-state index in [1.165, 1.54) is 24.3 Å². The van der Waals surface area contributed by atoms with Crippen molar-refractivity contribution in [3.05, 3.63) is 84.1 Å². The average molecular weight is 297 g/mol. The van der Waals surface area contributed by atoms with E-state index in [2.05, 4.69) is 54.9 Å². The number of allylic oxidation sites excluding steroid dienone is 2. The summed E-state index contributed by atoms with van der Waals surface area (Å²) in [5.74, 6) is -0.429. The number of carbonyl (C=O) groups excluding carboxylic acids is 1. The summed E-state index contributed by atoms with van der Waals surface area (Å²) < 4.78 is 4.67. The summed E-state index contributed by atoms with van der Waals surface area (Å²) in [6.07, 6.45) is 5.81. The third kappa shape index (κ3) is 5.44. The predicted octanol–water partition coefficient (Wildman–Crippen LogP) is 3.61. The van der Waals surface area contributed by atoms with Crippen molar-refractivity contribution in [3.63, 3.8) is 0 Å². The first kappa shape index (κ1) is 17.5. The molecule has 1 aromatic rings.